The molecule has 1 aliphatic carbocycles. The molecule has 1 saturated carbocycles. The minimum absolute atomic E-state index is 0.140. The molecule has 1 fully saturated rings. The fourth-order valence-corrected chi connectivity index (χ4v) is 2.36. The molecule has 0 aromatic heterocycles. The highest BCUT2D eigenvalue weighted by atomic mass is 16.1. The third-order valence-electron chi connectivity index (χ3n) is 3.74. The standard InChI is InChI=1S/C13H26N2O/c1-4-7-11(3)15-12(16)10-14-13(5-2)8-6-9-13/h11,14H,4-10H2,1-3H3,(H,15,16). The maximum atomic E-state index is 11.7. The van der Waals surface area contributed by atoms with Crippen molar-refractivity contribution in [3.05, 3.63) is 0 Å². The maximum Gasteiger partial charge on any atom is 0.234 e. The van der Waals surface area contributed by atoms with Crippen LogP contribution in [0.25, 0.3) is 0 Å². The highest BCUT2D eigenvalue weighted by Gasteiger charge is 2.34. The van der Waals surface area contributed by atoms with Gasteiger partial charge in [-0.2, -0.15) is 0 Å². The molecule has 0 aromatic rings. The van der Waals surface area contributed by atoms with Crippen LogP contribution in [0, 0.1) is 0 Å². The van der Waals surface area contributed by atoms with Gasteiger partial charge >= 0.3 is 0 Å². The largest absolute Gasteiger partial charge is 0.353 e. The monoisotopic (exact) mass is 226 g/mol. The molecular weight excluding hydrogens is 200 g/mol. The van der Waals surface area contributed by atoms with E-state index in [0.29, 0.717) is 12.6 Å². The molecule has 1 aliphatic rings. The van der Waals surface area contributed by atoms with Crippen LogP contribution < -0.4 is 10.6 Å². The van der Waals surface area contributed by atoms with Gasteiger partial charge in [0, 0.05) is 11.6 Å². The van der Waals surface area contributed by atoms with E-state index in [1.807, 2.05) is 0 Å². The van der Waals surface area contributed by atoms with E-state index in [1.165, 1.54) is 19.3 Å². The van der Waals surface area contributed by atoms with E-state index in [0.717, 1.165) is 19.3 Å². The molecular formula is C13H26N2O. The maximum absolute atomic E-state index is 11.7. The molecule has 0 bridgehead atoms. The van der Waals surface area contributed by atoms with Gasteiger partial charge < -0.3 is 10.6 Å². The summed E-state index contributed by atoms with van der Waals surface area (Å²) < 4.78 is 0. The summed E-state index contributed by atoms with van der Waals surface area (Å²) in [4.78, 5) is 11.7. The Morgan fingerprint density at radius 1 is 1.38 bits per heavy atom. The van der Waals surface area contributed by atoms with Gasteiger partial charge in [-0.25, -0.2) is 0 Å². The van der Waals surface area contributed by atoms with E-state index < -0.39 is 0 Å². The molecule has 1 unspecified atom stereocenters. The molecule has 3 heteroatoms. The van der Waals surface area contributed by atoms with Crippen LogP contribution in [0.15, 0.2) is 0 Å². The minimum atomic E-state index is 0.140. The van der Waals surface area contributed by atoms with Gasteiger partial charge in [-0.1, -0.05) is 20.3 Å². The van der Waals surface area contributed by atoms with Crippen molar-refractivity contribution < 1.29 is 4.79 Å². The third-order valence-corrected chi connectivity index (χ3v) is 3.74. The molecule has 1 atom stereocenters. The van der Waals surface area contributed by atoms with Gasteiger partial charge in [-0.3, -0.25) is 4.79 Å². The van der Waals surface area contributed by atoms with Crippen LogP contribution >= 0.6 is 0 Å². The zero-order valence-electron chi connectivity index (χ0n) is 10.9. The van der Waals surface area contributed by atoms with Gasteiger partial charge in [0.25, 0.3) is 0 Å². The van der Waals surface area contributed by atoms with Crippen molar-refractivity contribution in [3.8, 4) is 0 Å². The number of hydrogen-bond donors (Lipinski definition) is 2. The second-order valence-electron chi connectivity index (χ2n) is 5.10. The first kappa shape index (κ1) is 13.5. The van der Waals surface area contributed by atoms with Gasteiger partial charge in [0.15, 0.2) is 0 Å². The summed E-state index contributed by atoms with van der Waals surface area (Å²) in [5, 5.41) is 6.44. The Hall–Kier alpha value is -0.570. The summed E-state index contributed by atoms with van der Waals surface area (Å²) >= 11 is 0. The van der Waals surface area contributed by atoms with Gasteiger partial charge in [0.1, 0.15) is 0 Å². The van der Waals surface area contributed by atoms with E-state index in [9.17, 15) is 4.79 Å². The normalized spacial score (nSPS) is 19.9. The van der Waals surface area contributed by atoms with Crippen LogP contribution in [0.1, 0.15) is 59.3 Å². The Balaban J connectivity index is 2.19. The van der Waals surface area contributed by atoms with Crippen molar-refractivity contribution in [3.63, 3.8) is 0 Å². The Bertz CT molecular complexity index is 218. The molecule has 0 heterocycles. The Morgan fingerprint density at radius 3 is 2.50 bits per heavy atom. The van der Waals surface area contributed by atoms with E-state index in [4.69, 9.17) is 0 Å². The lowest BCUT2D eigenvalue weighted by molar-refractivity contribution is -0.121. The topological polar surface area (TPSA) is 41.1 Å². The van der Waals surface area contributed by atoms with Crippen LogP contribution in [-0.2, 0) is 4.79 Å². The Labute approximate surface area is 99.4 Å². The zero-order chi connectivity index (χ0) is 12.0. The summed E-state index contributed by atoms with van der Waals surface area (Å²) in [6.07, 6.45) is 7.06. The van der Waals surface area contributed by atoms with Gasteiger partial charge in [0.05, 0.1) is 6.54 Å². The third kappa shape index (κ3) is 3.78. The lowest BCUT2D eigenvalue weighted by atomic mass is 9.75. The van der Waals surface area contributed by atoms with Crippen molar-refractivity contribution in [2.45, 2.75) is 70.9 Å². The zero-order valence-corrected chi connectivity index (χ0v) is 10.9. The average molecular weight is 226 g/mol. The first-order valence-electron chi connectivity index (χ1n) is 6.66. The molecule has 0 saturated heterocycles. The fourth-order valence-electron chi connectivity index (χ4n) is 2.36. The number of nitrogens with one attached hydrogen (secondary N) is 2. The molecule has 3 nitrogen and oxygen atoms in total. The molecule has 1 rings (SSSR count). The van der Waals surface area contributed by atoms with Gasteiger partial charge in [0.2, 0.25) is 5.91 Å². The highest BCUT2D eigenvalue weighted by Crippen LogP contribution is 2.34. The first-order chi connectivity index (χ1) is 7.62. The number of amides is 1. The van der Waals surface area contributed by atoms with Crippen LogP contribution in [0.3, 0.4) is 0 Å². The summed E-state index contributed by atoms with van der Waals surface area (Å²) in [5.74, 6) is 0.140. The molecule has 0 spiro atoms. The lowest BCUT2D eigenvalue weighted by Gasteiger charge is -2.42. The van der Waals surface area contributed by atoms with Crippen LogP contribution in [0.4, 0.5) is 0 Å². The van der Waals surface area contributed by atoms with Crippen molar-refractivity contribution in [2.24, 2.45) is 0 Å². The number of carbonyl (C=O) groups excluding carboxylic acids is 1. The van der Waals surface area contributed by atoms with E-state index in [1.54, 1.807) is 0 Å². The Kier molecular flexibility index (Phi) is 5.26. The molecule has 0 aliphatic heterocycles. The number of hydrogen-bond acceptors (Lipinski definition) is 2. The Morgan fingerprint density at radius 2 is 2.06 bits per heavy atom. The minimum Gasteiger partial charge on any atom is -0.353 e. The molecule has 2 N–H and O–H groups in total. The molecule has 16 heavy (non-hydrogen) atoms. The molecule has 0 radical (unpaired) electrons. The average Bonchev–Trinajstić information content (AvgIpc) is 2.17. The number of rotatable bonds is 7. The van der Waals surface area contributed by atoms with E-state index in [2.05, 4.69) is 31.4 Å². The van der Waals surface area contributed by atoms with Crippen molar-refractivity contribution >= 4 is 5.91 Å². The van der Waals surface area contributed by atoms with E-state index >= 15 is 0 Å². The van der Waals surface area contributed by atoms with Crippen LogP contribution in [-0.4, -0.2) is 24.0 Å². The fraction of sp³-hybridized carbons (Fsp3) is 0.923. The van der Waals surface area contributed by atoms with Crippen molar-refractivity contribution in [1.82, 2.24) is 10.6 Å². The lowest BCUT2D eigenvalue weighted by Crippen LogP contribution is -2.54. The van der Waals surface area contributed by atoms with Gasteiger partial charge in [-0.05, 0) is 39.0 Å². The van der Waals surface area contributed by atoms with Gasteiger partial charge in [-0.15, -0.1) is 0 Å². The second-order valence-corrected chi connectivity index (χ2v) is 5.10. The summed E-state index contributed by atoms with van der Waals surface area (Å²) in [5.41, 5.74) is 0.269. The van der Waals surface area contributed by atoms with Crippen LogP contribution in [0.5, 0.6) is 0 Å². The second kappa shape index (κ2) is 6.24. The first-order valence-corrected chi connectivity index (χ1v) is 6.66. The van der Waals surface area contributed by atoms with E-state index in [-0.39, 0.29) is 11.4 Å². The summed E-state index contributed by atoms with van der Waals surface area (Å²) in [6.45, 7) is 6.88. The predicted molar refractivity (Wildman–Crippen MR) is 67.4 cm³/mol. The molecule has 1 amide bonds. The molecule has 0 aromatic carbocycles. The number of carbonyl (C=O) groups is 1. The highest BCUT2D eigenvalue weighted by molar-refractivity contribution is 5.78. The summed E-state index contributed by atoms with van der Waals surface area (Å²) in [6, 6.07) is 0.304. The summed E-state index contributed by atoms with van der Waals surface area (Å²) in [7, 11) is 0. The van der Waals surface area contributed by atoms with Crippen molar-refractivity contribution in [2.75, 3.05) is 6.54 Å². The molecule has 94 valence electrons. The SMILES string of the molecule is CCCC(C)NC(=O)CNC1(CC)CCC1. The quantitative estimate of drug-likeness (QED) is 0.699. The van der Waals surface area contributed by atoms with Crippen LogP contribution in [0.2, 0.25) is 0 Å². The predicted octanol–water partition coefficient (Wildman–Crippen LogP) is 2.21. The van der Waals surface area contributed by atoms with Crippen molar-refractivity contribution in [1.29, 1.82) is 0 Å². The smallest absolute Gasteiger partial charge is 0.234 e.